The Kier molecular flexibility index (Phi) is 5.22. The highest BCUT2D eigenvalue weighted by Crippen LogP contribution is 2.28. The first-order chi connectivity index (χ1) is 13.4. The molecule has 148 valence electrons. The van der Waals surface area contributed by atoms with Gasteiger partial charge in [0.05, 0.1) is 21.7 Å². The lowest BCUT2D eigenvalue weighted by molar-refractivity contribution is 0.0992. The fourth-order valence-electron chi connectivity index (χ4n) is 3.27. The van der Waals surface area contributed by atoms with E-state index in [0.29, 0.717) is 21.9 Å². The van der Waals surface area contributed by atoms with Crippen LogP contribution < -0.4 is 5.32 Å². The number of rotatable bonds is 5. The molecular weight excluding hydrogens is 398 g/mol. The summed E-state index contributed by atoms with van der Waals surface area (Å²) in [5, 5.41) is 3.14. The second kappa shape index (κ2) is 7.65. The normalized spacial score (nSPS) is 15.8. The summed E-state index contributed by atoms with van der Waals surface area (Å²) in [4.78, 5) is 19.4. The predicted molar refractivity (Wildman–Crippen MR) is 109 cm³/mol. The van der Waals surface area contributed by atoms with E-state index in [1.165, 1.54) is 36.7 Å². The van der Waals surface area contributed by atoms with Gasteiger partial charge in [-0.3, -0.25) is 15.0 Å². The van der Waals surface area contributed by atoms with Gasteiger partial charge >= 0.3 is 0 Å². The van der Waals surface area contributed by atoms with E-state index in [0.717, 1.165) is 25.1 Å². The zero-order valence-corrected chi connectivity index (χ0v) is 17.1. The molecule has 7 nitrogen and oxygen atoms in total. The maximum atomic E-state index is 12.5. The molecule has 0 atom stereocenters. The van der Waals surface area contributed by atoms with Crippen molar-refractivity contribution in [2.45, 2.75) is 30.7 Å². The van der Waals surface area contributed by atoms with E-state index in [4.69, 9.17) is 4.42 Å². The van der Waals surface area contributed by atoms with Gasteiger partial charge in [0, 0.05) is 6.26 Å². The number of nitrogens with one attached hydrogen (secondary N) is 1. The Labute approximate surface area is 167 Å². The predicted octanol–water partition coefficient (Wildman–Crippen LogP) is 3.53. The zero-order chi connectivity index (χ0) is 19.7. The molecule has 0 unspecified atom stereocenters. The highest BCUT2D eigenvalue weighted by molar-refractivity contribution is 7.90. The van der Waals surface area contributed by atoms with E-state index in [1.807, 2.05) is 6.07 Å². The lowest BCUT2D eigenvalue weighted by Gasteiger charge is -2.25. The van der Waals surface area contributed by atoms with Crippen molar-refractivity contribution in [2.75, 3.05) is 24.7 Å². The second-order valence-corrected chi connectivity index (χ2v) is 10.0. The third-order valence-corrected chi connectivity index (χ3v) is 6.77. The van der Waals surface area contributed by atoms with Crippen molar-refractivity contribution in [3.8, 4) is 0 Å². The van der Waals surface area contributed by atoms with Gasteiger partial charge in [-0.15, -0.1) is 0 Å². The van der Waals surface area contributed by atoms with Crippen LogP contribution in [-0.4, -0.2) is 43.6 Å². The number of benzene rings is 1. The summed E-state index contributed by atoms with van der Waals surface area (Å²) in [6.07, 6.45) is 4.84. The number of fused-ring (bicyclic) bond motifs is 1. The quantitative estimate of drug-likeness (QED) is 0.680. The molecule has 0 aliphatic carbocycles. The third-order valence-electron chi connectivity index (χ3n) is 4.72. The smallest absolute Gasteiger partial charge is 0.293 e. The lowest BCUT2D eigenvalue weighted by Crippen LogP contribution is -2.28. The van der Waals surface area contributed by atoms with Gasteiger partial charge in [0.2, 0.25) is 0 Å². The van der Waals surface area contributed by atoms with E-state index < -0.39 is 9.84 Å². The first-order valence-corrected chi connectivity index (χ1v) is 11.8. The van der Waals surface area contributed by atoms with Crippen molar-refractivity contribution in [3.05, 3.63) is 41.9 Å². The summed E-state index contributed by atoms with van der Waals surface area (Å²) in [7, 11) is -3.29. The van der Waals surface area contributed by atoms with Crippen LogP contribution in [-0.2, 0) is 16.4 Å². The first-order valence-electron chi connectivity index (χ1n) is 9.11. The van der Waals surface area contributed by atoms with Crippen molar-refractivity contribution >= 4 is 42.4 Å². The van der Waals surface area contributed by atoms with Crippen LogP contribution in [0.25, 0.3) is 10.2 Å². The summed E-state index contributed by atoms with van der Waals surface area (Å²) in [5.74, 6) is 0.643. The minimum absolute atomic E-state index is 0.231. The Morgan fingerprint density at radius 2 is 2.00 bits per heavy atom. The molecule has 1 fully saturated rings. The molecule has 1 amide bonds. The molecule has 4 rings (SSSR count). The number of sulfone groups is 1. The molecule has 1 N–H and O–H groups in total. The van der Waals surface area contributed by atoms with Crippen molar-refractivity contribution < 1.29 is 17.6 Å². The maximum Gasteiger partial charge on any atom is 0.293 e. The van der Waals surface area contributed by atoms with Crippen LogP contribution in [0.1, 0.15) is 35.6 Å². The number of furan rings is 1. The van der Waals surface area contributed by atoms with Crippen molar-refractivity contribution in [2.24, 2.45) is 0 Å². The van der Waals surface area contributed by atoms with Gasteiger partial charge in [-0.25, -0.2) is 13.4 Å². The average molecular weight is 420 g/mol. The van der Waals surface area contributed by atoms with Crippen LogP contribution in [0.5, 0.6) is 0 Å². The molecule has 0 spiro atoms. The van der Waals surface area contributed by atoms with E-state index >= 15 is 0 Å². The van der Waals surface area contributed by atoms with Crippen molar-refractivity contribution in [1.82, 2.24) is 9.88 Å². The Morgan fingerprint density at radius 3 is 2.75 bits per heavy atom. The van der Waals surface area contributed by atoms with Gasteiger partial charge in [0.25, 0.3) is 5.91 Å². The molecule has 3 aromatic rings. The van der Waals surface area contributed by atoms with Crippen molar-refractivity contribution in [1.29, 1.82) is 0 Å². The molecule has 1 saturated heterocycles. The maximum absolute atomic E-state index is 12.5. The molecule has 0 radical (unpaired) electrons. The number of likely N-dealkylation sites (tertiary alicyclic amines) is 1. The largest absolute Gasteiger partial charge is 0.455 e. The van der Waals surface area contributed by atoms with E-state index in [2.05, 4.69) is 15.2 Å². The van der Waals surface area contributed by atoms with Crippen LogP contribution in [0.2, 0.25) is 0 Å². The third kappa shape index (κ3) is 4.26. The molecule has 0 saturated carbocycles. The second-order valence-electron chi connectivity index (χ2n) is 6.98. The van der Waals surface area contributed by atoms with Gasteiger partial charge < -0.3 is 4.42 Å². The highest BCUT2D eigenvalue weighted by atomic mass is 32.2. The van der Waals surface area contributed by atoms with Crippen LogP contribution in [0.15, 0.2) is 39.6 Å². The standard InChI is InChI=1S/C19H21N3O4S2/c1-28(24,25)14-6-7-15-17(11-14)27-19(20-15)21-18(23)16-8-5-13(26-16)12-22-9-3-2-4-10-22/h5-8,11H,2-4,9-10,12H2,1H3,(H,20,21,23). The van der Waals surface area contributed by atoms with Gasteiger partial charge in [-0.2, -0.15) is 0 Å². The highest BCUT2D eigenvalue weighted by Gasteiger charge is 2.17. The number of nitrogens with zero attached hydrogens (tertiary/aromatic N) is 2. The molecule has 1 aromatic carbocycles. The number of anilines is 1. The number of carbonyl (C=O) groups is 1. The van der Waals surface area contributed by atoms with Crippen LogP contribution in [0.3, 0.4) is 0 Å². The SMILES string of the molecule is CS(=O)(=O)c1ccc2nc(NC(=O)c3ccc(CN4CCCCC4)o3)sc2c1. The Morgan fingerprint density at radius 1 is 1.21 bits per heavy atom. The Bertz CT molecular complexity index is 1110. The summed E-state index contributed by atoms with van der Waals surface area (Å²) in [6, 6.07) is 8.23. The first kappa shape index (κ1) is 19.1. The molecule has 0 bridgehead atoms. The minimum Gasteiger partial charge on any atom is -0.455 e. The summed E-state index contributed by atoms with van der Waals surface area (Å²) in [6.45, 7) is 2.83. The van der Waals surface area contributed by atoms with Gasteiger partial charge in [0.15, 0.2) is 20.7 Å². The molecular formula is C19H21N3O4S2. The number of aromatic nitrogens is 1. The van der Waals surface area contributed by atoms with E-state index in [-0.39, 0.29) is 16.6 Å². The summed E-state index contributed by atoms with van der Waals surface area (Å²) >= 11 is 1.23. The van der Waals surface area contributed by atoms with Crippen LogP contribution >= 0.6 is 11.3 Å². The monoisotopic (exact) mass is 419 g/mol. The number of piperidine rings is 1. The molecule has 2 aromatic heterocycles. The average Bonchev–Trinajstić information content (AvgIpc) is 3.27. The number of amides is 1. The molecule has 1 aliphatic rings. The van der Waals surface area contributed by atoms with Gasteiger partial charge in [-0.1, -0.05) is 17.8 Å². The van der Waals surface area contributed by atoms with E-state index in [1.54, 1.807) is 18.2 Å². The fraction of sp³-hybridized carbons (Fsp3) is 0.368. The fourth-order valence-corrected chi connectivity index (χ4v) is 4.89. The topological polar surface area (TPSA) is 92.5 Å². The molecule has 3 heterocycles. The molecule has 9 heteroatoms. The lowest BCUT2D eigenvalue weighted by atomic mass is 10.1. The zero-order valence-electron chi connectivity index (χ0n) is 15.5. The Balaban J connectivity index is 1.46. The number of hydrogen-bond donors (Lipinski definition) is 1. The Hall–Kier alpha value is -2.23. The minimum atomic E-state index is -3.29. The van der Waals surface area contributed by atoms with E-state index in [9.17, 15) is 13.2 Å². The molecule has 1 aliphatic heterocycles. The number of hydrogen-bond acceptors (Lipinski definition) is 7. The van der Waals surface area contributed by atoms with Crippen LogP contribution in [0.4, 0.5) is 5.13 Å². The summed E-state index contributed by atoms with van der Waals surface area (Å²) < 4.78 is 29.8. The summed E-state index contributed by atoms with van der Waals surface area (Å²) in [5.41, 5.74) is 0.637. The van der Waals surface area contributed by atoms with Crippen LogP contribution in [0, 0.1) is 0 Å². The van der Waals surface area contributed by atoms with Crippen molar-refractivity contribution in [3.63, 3.8) is 0 Å². The molecule has 28 heavy (non-hydrogen) atoms. The van der Waals surface area contributed by atoms with Gasteiger partial charge in [-0.05, 0) is 56.3 Å². The number of carbonyl (C=O) groups excluding carboxylic acids is 1. The number of thiazole rings is 1. The van der Waals surface area contributed by atoms with Gasteiger partial charge in [0.1, 0.15) is 5.76 Å².